The van der Waals surface area contributed by atoms with Gasteiger partial charge in [0.2, 0.25) is 5.91 Å². The maximum absolute atomic E-state index is 12.4. The van der Waals surface area contributed by atoms with Crippen LogP contribution in [0.1, 0.15) is 38.1 Å². The van der Waals surface area contributed by atoms with E-state index in [2.05, 4.69) is 30.2 Å². The highest BCUT2D eigenvalue weighted by molar-refractivity contribution is 7.18. The van der Waals surface area contributed by atoms with Gasteiger partial charge in [-0.3, -0.25) is 4.79 Å². The van der Waals surface area contributed by atoms with Gasteiger partial charge in [0.1, 0.15) is 0 Å². The van der Waals surface area contributed by atoms with Crippen molar-refractivity contribution in [2.45, 2.75) is 51.6 Å². The smallest absolute Gasteiger partial charge is 0.222 e. The van der Waals surface area contributed by atoms with Crippen molar-refractivity contribution in [3.63, 3.8) is 0 Å². The van der Waals surface area contributed by atoms with E-state index in [1.807, 2.05) is 23.1 Å². The van der Waals surface area contributed by atoms with Crippen LogP contribution in [0.3, 0.4) is 0 Å². The Bertz CT molecular complexity index is 626. The molecule has 1 aliphatic rings. The van der Waals surface area contributed by atoms with E-state index >= 15 is 0 Å². The molecule has 1 amide bonds. The minimum Gasteiger partial charge on any atom is -0.343 e. The van der Waals surface area contributed by atoms with Gasteiger partial charge in [-0.1, -0.05) is 26.0 Å². The summed E-state index contributed by atoms with van der Waals surface area (Å²) in [7, 11) is 0. The number of hydrogen-bond acceptors (Lipinski definition) is 4. The van der Waals surface area contributed by atoms with E-state index in [-0.39, 0.29) is 5.91 Å². The minimum atomic E-state index is 0.271. The van der Waals surface area contributed by atoms with Gasteiger partial charge in [-0.25, -0.2) is 4.98 Å². The van der Waals surface area contributed by atoms with E-state index in [4.69, 9.17) is 0 Å². The molecule has 0 unspecified atom stereocenters. The van der Waals surface area contributed by atoms with Crippen molar-refractivity contribution >= 4 is 27.5 Å². The number of benzene rings is 1. The molecule has 2 aromatic rings. The fourth-order valence-electron chi connectivity index (χ4n) is 3.17. The van der Waals surface area contributed by atoms with Crippen molar-refractivity contribution in [3.05, 3.63) is 29.3 Å². The standard InChI is InChI=1S/C18H25N3OS/c1-13(2)19-14-9-11-21(12-10-14)18(22)8-7-17-20-15-5-3-4-6-16(15)23-17/h3-6,13-14,19H,7-12H2,1-2H3. The van der Waals surface area contributed by atoms with Crippen LogP contribution in [0, 0.1) is 0 Å². The van der Waals surface area contributed by atoms with Crippen LogP contribution in [-0.4, -0.2) is 41.0 Å². The Morgan fingerprint density at radius 1 is 1.35 bits per heavy atom. The second kappa shape index (κ2) is 7.41. The Balaban J connectivity index is 1.48. The maximum atomic E-state index is 12.4. The minimum absolute atomic E-state index is 0.271. The van der Waals surface area contributed by atoms with Gasteiger partial charge in [0.05, 0.1) is 15.2 Å². The second-order valence-electron chi connectivity index (χ2n) is 6.55. The Morgan fingerprint density at radius 2 is 2.09 bits per heavy atom. The van der Waals surface area contributed by atoms with E-state index in [0.717, 1.165) is 42.9 Å². The van der Waals surface area contributed by atoms with Gasteiger partial charge in [0, 0.05) is 38.0 Å². The number of rotatable bonds is 5. The summed E-state index contributed by atoms with van der Waals surface area (Å²) in [5.74, 6) is 0.271. The number of nitrogens with one attached hydrogen (secondary N) is 1. The van der Waals surface area contributed by atoms with Crippen LogP contribution in [0.15, 0.2) is 24.3 Å². The highest BCUT2D eigenvalue weighted by atomic mass is 32.1. The van der Waals surface area contributed by atoms with Crippen molar-refractivity contribution in [1.82, 2.24) is 15.2 Å². The second-order valence-corrected chi connectivity index (χ2v) is 7.67. The number of piperidine rings is 1. The molecule has 4 nitrogen and oxygen atoms in total. The Kier molecular flexibility index (Phi) is 5.28. The molecule has 0 radical (unpaired) electrons. The first-order valence-electron chi connectivity index (χ1n) is 8.50. The third kappa shape index (κ3) is 4.30. The van der Waals surface area contributed by atoms with Crippen molar-refractivity contribution < 1.29 is 4.79 Å². The van der Waals surface area contributed by atoms with E-state index in [9.17, 15) is 4.79 Å². The first-order chi connectivity index (χ1) is 11.1. The molecule has 0 spiro atoms. The first kappa shape index (κ1) is 16.4. The number of hydrogen-bond donors (Lipinski definition) is 1. The molecule has 2 heterocycles. The number of aryl methyl sites for hydroxylation is 1. The zero-order valence-electron chi connectivity index (χ0n) is 13.9. The lowest BCUT2D eigenvalue weighted by molar-refractivity contribution is -0.132. The molecular formula is C18H25N3OS. The van der Waals surface area contributed by atoms with E-state index in [0.29, 0.717) is 18.5 Å². The van der Waals surface area contributed by atoms with Gasteiger partial charge < -0.3 is 10.2 Å². The summed E-state index contributed by atoms with van der Waals surface area (Å²) < 4.78 is 1.20. The molecular weight excluding hydrogens is 306 g/mol. The highest BCUT2D eigenvalue weighted by Gasteiger charge is 2.22. The molecule has 1 fully saturated rings. The number of carbonyl (C=O) groups is 1. The molecule has 1 aromatic heterocycles. The van der Waals surface area contributed by atoms with Crippen LogP contribution in [-0.2, 0) is 11.2 Å². The summed E-state index contributed by atoms with van der Waals surface area (Å²) in [5, 5.41) is 4.63. The highest BCUT2D eigenvalue weighted by Crippen LogP contribution is 2.23. The molecule has 3 rings (SSSR count). The number of likely N-dealkylation sites (tertiary alicyclic amines) is 1. The lowest BCUT2D eigenvalue weighted by Gasteiger charge is -2.33. The van der Waals surface area contributed by atoms with Crippen molar-refractivity contribution in [3.8, 4) is 0 Å². The van der Waals surface area contributed by atoms with E-state index in [1.54, 1.807) is 11.3 Å². The first-order valence-corrected chi connectivity index (χ1v) is 9.32. The summed E-state index contributed by atoms with van der Waals surface area (Å²) >= 11 is 1.70. The van der Waals surface area contributed by atoms with Crippen LogP contribution in [0.5, 0.6) is 0 Å². The van der Waals surface area contributed by atoms with Crippen LogP contribution in [0.25, 0.3) is 10.2 Å². The number of amides is 1. The molecule has 1 N–H and O–H groups in total. The summed E-state index contributed by atoms with van der Waals surface area (Å²) in [5.41, 5.74) is 1.04. The summed E-state index contributed by atoms with van der Waals surface area (Å²) in [6.45, 7) is 6.11. The molecule has 1 aliphatic heterocycles. The Labute approximate surface area is 141 Å². The SMILES string of the molecule is CC(C)NC1CCN(C(=O)CCc2nc3ccccc3s2)CC1. The van der Waals surface area contributed by atoms with Gasteiger partial charge in [-0.05, 0) is 25.0 Å². The number of carbonyl (C=O) groups excluding carboxylic acids is 1. The third-order valence-corrected chi connectivity index (χ3v) is 5.40. The fraction of sp³-hybridized carbons (Fsp3) is 0.556. The maximum Gasteiger partial charge on any atom is 0.222 e. The van der Waals surface area contributed by atoms with E-state index in [1.165, 1.54) is 4.70 Å². The number of nitrogens with zero attached hydrogens (tertiary/aromatic N) is 2. The lowest BCUT2D eigenvalue weighted by atomic mass is 10.0. The third-order valence-electron chi connectivity index (χ3n) is 4.31. The van der Waals surface area contributed by atoms with Crippen LogP contribution in [0.4, 0.5) is 0 Å². The molecule has 1 saturated heterocycles. The van der Waals surface area contributed by atoms with Gasteiger partial charge in [-0.15, -0.1) is 11.3 Å². The average molecular weight is 331 g/mol. The van der Waals surface area contributed by atoms with Crippen LogP contribution < -0.4 is 5.32 Å². The quantitative estimate of drug-likeness (QED) is 0.915. The number of fused-ring (bicyclic) bond motifs is 1. The molecule has 0 saturated carbocycles. The van der Waals surface area contributed by atoms with Crippen LogP contribution >= 0.6 is 11.3 Å². The average Bonchev–Trinajstić information content (AvgIpc) is 2.95. The largest absolute Gasteiger partial charge is 0.343 e. The monoisotopic (exact) mass is 331 g/mol. The molecule has 0 atom stereocenters. The zero-order chi connectivity index (χ0) is 16.2. The Morgan fingerprint density at radius 3 is 2.78 bits per heavy atom. The van der Waals surface area contributed by atoms with Gasteiger partial charge in [0.25, 0.3) is 0 Å². The predicted octanol–water partition coefficient (Wildman–Crippen LogP) is 3.22. The van der Waals surface area contributed by atoms with E-state index < -0.39 is 0 Å². The molecule has 0 bridgehead atoms. The van der Waals surface area contributed by atoms with Crippen molar-refractivity contribution in [2.24, 2.45) is 0 Å². The Hall–Kier alpha value is -1.46. The van der Waals surface area contributed by atoms with Crippen molar-refractivity contribution in [1.29, 1.82) is 0 Å². The lowest BCUT2D eigenvalue weighted by Crippen LogP contribution is -2.46. The number of thiazole rings is 1. The zero-order valence-corrected chi connectivity index (χ0v) is 14.7. The van der Waals surface area contributed by atoms with Crippen LogP contribution in [0.2, 0.25) is 0 Å². The molecule has 0 aliphatic carbocycles. The summed E-state index contributed by atoms with van der Waals surface area (Å²) in [6.07, 6.45) is 3.45. The number of aromatic nitrogens is 1. The van der Waals surface area contributed by atoms with Gasteiger partial charge >= 0.3 is 0 Å². The molecule has 5 heteroatoms. The summed E-state index contributed by atoms with van der Waals surface area (Å²) in [6, 6.07) is 9.23. The molecule has 23 heavy (non-hydrogen) atoms. The fourth-order valence-corrected chi connectivity index (χ4v) is 4.13. The number of para-hydroxylation sites is 1. The van der Waals surface area contributed by atoms with Gasteiger partial charge in [0.15, 0.2) is 0 Å². The topological polar surface area (TPSA) is 45.2 Å². The molecule has 124 valence electrons. The van der Waals surface area contributed by atoms with Crippen molar-refractivity contribution in [2.75, 3.05) is 13.1 Å². The normalized spacial score (nSPS) is 16.4. The van der Waals surface area contributed by atoms with Gasteiger partial charge in [-0.2, -0.15) is 0 Å². The molecule has 1 aromatic carbocycles. The predicted molar refractivity (Wildman–Crippen MR) is 95.8 cm³/mol. The summed E-state index contributed by atoms with van der Waals surface area (Å²) in [4.78, 5) is 19.0.